The van der Waals surface area contributed by atoms with Gasteiger partial charge in [0.1, 0.15) is 10.8 Å². The first-order chi connectivity index (χ1) is 16.1. The number of nitrogens with zero attached hydrogens (tertiary/aromatic N) is 2. The number of aromatic nitrogens is 1. The van der Waals surface area contributed by atoms with Crippen molar-refractivity contribution < 1.29 is 14.3 Å². The van der Waals surface area contributed by atoms with Crippen LogP contribution in [0.3, 0.4) is 0 Å². The number of ether oxygens (including phenoxy) is 2. The molecule has 7 heteroatoms. The van der Waals surface area contributed by atoms with Gasteiger partial charge >= 0.3 is 0 Å². The number of morpholine rings is 1. The van der Waals surface area contributed by atoms with Gasteiger partial charge in [0, 0.05) is 31.6 Å². The van der Waals surface area contributed by atoms with Gasteiger partial charge in [-0.1, -0.05) is 36.4 Å². The first-order valence-corrected chi connectivity index (χ1v) is 12.3. The Morgan fingerprint density at radius 1 is 1.24 bits per heavy atom. The summed E-state index contributed by atoms with van der Waals surface area (Å²) in [7, 11) is 0. The molecule has 2 heterocycles. The summed E-state index contributed by atoms with van der Waals surface area (Å²) >= 11 is 1.53. The summed E-state index contributed by atoms with van der Waals surface area (Å²) < 4.78 is 11.3. The Morgan fingerprint density at radius 2 is 2.09 bits per heavy atom. The Bertz CT molecular complexity index is 1070. The van der Waals surface area contributed by atoms with Gasteiger partial charge in [-0.15, -0.1) is 11.3 Å². The average Bonchev–Trinajstić information content (AvgIpc) is 3.27. The topological polar surface area (TPSA) is 63.7 Å². The zero-order valence-electron chi connectivity index (χ0n) is 19.3. The van der Waals surface area contributed by atoms with E-state index in [-0.39, 0.29) is 18.4 Å². The van der Waals surface area contributed by atoms with Gasteiger partial charge in [-0.05, 0) is 37.1 Å². The molecular formula is C26H31N3O3S. The first-order valence-electron chi connectivity index (χ1n) is 11.5. The third-order valence-electron chi connectivity index (χ3n) is 5.52. The summed E-state index contributed by atoms with van der Waals surface area (Å²) in [6, 6.07) is 16.3. The summed E-state index contributed by atoms with van der Waals surface area (Å²) in [6.07, 6.45) is 0.540. The average molecular weight is 466 g/mol. The highest BCUT2D eigenvalue weighted by Crippen LogP contribution is 2.32. The third-order valence-corrected chi connectivity index (χ3v) is 6.45. The van der Waals surface area contributed by atoms with E-state index >= 15 is 0 Å². The summed E-state index contributed by atoms with van der Waals surface area (Å²) in [4.78, 5) is 19.6. The van der Waals surface area contributed by atoms with Crippen molar-refractivity contribution >= 4 is 17.2 Å². The van der Waals surface area contributed by atoms with E-state index in [0.29, 0.717) is 13.2 Å². The molecule has 1 fully saturated rings. The van der Waals surface area contributed by atoms with E-state index in [1.54, 1.807) is 0 Å². The van der Waals surface area contributed by atoms with E-state index in [2.05, 4.69) is 46.4 Å². The molecule has 2 aromatic carbocycles. The van der Waals surface area contributed by atoms with E-state index in [1.165, 1.54) is 16.9 Å². The second-order valence-electron chi connectivity index (χ2n) is 8.26. The molecule has 0 spiro atoms. The zero-order chi connectivity index (χ0) is 23.0. The van der Waals surface area contributed by atoms with Crippen molar-refractivity contribution in [1.29, 1.82) is 0 Å². The van der Waals surface area contributed by atoms with Crippen LogP contribution in [0.25, 0.3) is 10.6 Å². The molecule has 3 aromatic rings. The highest BCUT2D eigenvalue weighted by Gasteiger charge is 2.17. The number of carbonyl (C=O) groups excluding carboxylic acids is 1. The van der Waals surface area contributed by atoms with Crippen LogP contribution < -0.4 is 10.1 Å². The number of rotatable bonds is 9. The van der Waals surface area contributed by atoms with E-state index in [1.807, 2.05) is 36.6 Å². The maximum Gasteiger partial charge on any atom is 0.226 e. The number of hydrogen-bond acceptors (Lipinski definition) is 6. The van der Waals surface area contributed by atoms with Crippen LogP contribution in [0, 0.1) is 0 Å². The summed E-state index contributed by atoms with van der Waals surface area (Å²) in [5.41, 5.74) is 4.09. The van der Waals surface area contributed by atoms with Crippen molar-refractivity contribution in [2.45, 2.75) is 39.5 Å². The smallest absolute Gasteiger partial charge is 0.226 e. The predicted octanol–water partition coefficient (Wildman–Crippen LogP) is 4.29. The van der Waals surface area contributed by atoms with Crippen LogP contribution >= 0.6 is 11.3 Å². The minimum absolute atomic E-state index is 0.0302. The van der Waals surface area contributed by atoms with E-state index in [4.69, 9.17) is 9.47 Å². The molecular weight excluding hydrogens is 434 g/mol. The van der Waals surface area contributed by atoms with Gasteiger partial charge in [0.25, 0.3) is 0 Å². The number of nitrogens with one attached hydrogen (secondary N) is 1. The van der Waals surface area contributed by atoms with Crippen LogP contribution in [0.2, 0.25) is 0 Å². The number of amides is 1. The molecule has 1 atom stereocenters. The van der Waals surface area contributed by atoms with Gasteiger partial charge in [-0.3, -0.25) is 9.69 Å². The normalized spacial score (nSPS) is 16.5. The lowest BCUT2D eigenvalue weighted by Gasteiger charge is -2.31. The van der Waals surface area contributed by atoms with Crippen LogP contribution in [0.5, 0.6) is 5.75 Å². The third kappa shape index (κ3) is 6.63. The van der Waals surface area contributed by atoms with Crippen LogP contribution in [-0.4, -0.2) is 48.2 Å². The van der Waals surface area contributed by atoms with Gasteiger partial charge in [-0.25, -0.2) is 4.98 Å². The largest absolute Gasteiger partial charge is 0.493 e. The molecule has 1 N–H and O–H groups in total. The van der Waals surface area contributed by atoms with Crippen molar-refractivity contribution in [3.05, 3.63) is 70.7 Å². The van der Waals surface area contributed by atoms with Gasteiger partial charge in [0.2, 0.25) is 5.91 Å². The number of hydrogen-bond donors (Lipinski definition) is 1. The number of carbonyl (C=O) groups is 1. The Kier molecular flexibility index (Phi) is 8.10. The monoisotopic (exact) mass is 465 g/mol. The molecule has 1 unspecified atom stereocenters. The molecule has 1 amide bonds. The molecule has 174 valence electrons. The molecule has 33 heavy (non-hydrogen) atoms. The fraction of sp³-hybridized carbons (Fsp3) is 0.385. The molecule has 4 rings (SSSR count). The van der Waals surface area contributed by atoms with Crippen LogP contribution in [0.4, 0.5) is 0 Å². The predicted molar refractivity (Wildman–Crippen MR) is 131 cm³/mol. The van der Waals surface area contributed by atoms with Crippen LogP contribution in [0.15, 0.2) is 53.9 Å². The fourth-order valence-electron chi connectivity index (χ4n) is 3.99. The van der Waals surface area contributed by atoms with Crippen molar-refractivity contribution in [3.63, 3.8) is 0 Å². The Morgan fingerprint density at radius 3 is 2.94 bits per heavy atom. The molecule has 1 aliphatic heterocycles. The van der Waals surface area contributed by atoms with Crippen molar-refractivity contribution in [2.75, 3.05) is 26.3 Å². The highest BCUT2D eigenvalue weighted by atomic mass is 32.1. The Labute approximate surface area is 199 Å². The lowest BCUT2D eigenvalue weighted by molar-refractivity contribution is -0.120. The standard InChI is InChI=1S/C26H31N3O3S/c1-3-31-24-10-5-4-9-23(24)26-28-22(18-33-26)14-25(30)27-15-20-7-6-8-21(13-20)17-29-11-12-32-19(2)16-29/h4-10,13,18-19H,3,11-12,14-17H2,1-2H3,(H,27,30). The molecule has 1 aliphatic rings. The van der Waals surface area contributed by atoms with E-state index < -0.39 is 0 Å². The molecule has 0 saturated carbocycles. The lowest BCUT2D eigenvalue weighted by Crippen LogP contribution is -2.40. The second-order valence-corrected chi connectivity index (χ2v) is 9.12. The number of thiazole rings is 1. The van der Waals surface area contributed by atoms with Gasteiger partial charge in [-0.2, -0.15) is 0 Å². The van der Waals surface area contributed by atoms with Crippen LogP contribution in [0.1, 0.15) is 30.7 Å². The Hall–Kier alpha value is -2.74. The molecule has 6 nitrogen and oxygen atoms in total. The van der Waals surface area contributed by atoms with E-state index in [9.17, 15) is 4.79 Å². The molecule has 0 aliphatic carbocycles. The second kappa shape index (κ2) is 11.4. The minimum Gasteiger partial charge on any atom is -0.493 e. The first kappa shape index (κ1) is 23.4. The van der Waals surface area contributed by atoms with Crippen molar-refractivity contribution in [1.82, 2.24) is 15.2 Å². The van der Waals surface area contributed by atoms with Crippen LogP contribution in [-0.2, 0) is 29.0 Å². The maximum atomic E-state index is 12.5. The van der Waals surface area contributed by atoms with Crippen molar-refractivity contribution in [3.8, 4) is 16.3 Å². The molecule has 0 radical (unpaired) electrons. The number of para-hydroxylation sites is 1. The summed E-state index contributed by atoms with van der Waals surface area (Å²) in [5, 5.41) is 5.85. The molecule has 1 saturated heterocycles. The van der Waals surface area contributed by atoms with Crippen molar-refractivity contribution in [2.24, 2.45) is 0 Å². The Balaban J connectivity index is 1.30. The summed E-state index contributed by atoms with van der Waals surface area (Å²) in [5.74, 6) is 0.786. The fourth-order valence-corrected chi connectivity index (χ4v) is 4.84. The summed E-state index contributed by atoms with van der Waals surface area (Å²) in [6.45, 7) is 8.78. The maximum absolute atomic E-state index is 12.5. The molecule has 0 bridgehead atoms. The number of benzene rings is 2. The quantitative estimate of drug-likeness (QED) is 0.511. The zero-order valence-corrected chi connectivity index (χ0v) is 20.1. The SMILES string of the molecule is CCOc1ccccc1-c1nc(CC(=O)NCc2cccc(CN3CCOC(C)C3)c2)cs1. The molecule has 1 aromatic heterocycles. The highest BCUT2D eigenvalue weighted by molar-refractivity contribution is 7.13. The van der Waals surface area contributed by atoms with E-state index in [0.717, 1.165) is 53.8 Å². The van der Waals surface area contributed by atoms with Gasteiger partial charge in [0.15, 0.2) is 0 Å². The lowest BCUT2D eigenvalue weighted by atomic mass is 10.1. The minimum atomic E-state index is -0.0302. The van der Waals surface area contributed by atoms with Gasteiger partial charge < -0.3 is 14.8 Å². The van der Waals surface area contributed by atoms with Gasteiger partial charge in [0.05, 0.1) is 37.0 Å².